The molecule has 0 aromatic heterocycles. The van der Waals surface area contributed by atoms with E-state index in [0.717, 1.165) is 30.5 Å². The second kappa shape index (κ2) is 7.67. The van der Waals surface area contributed by atoms with Gasteiger partial charge in [-0.1, -0.05) is 6.92 Å². The van der Waals surface area contributed by atoms with E-state index in [2.05, 4.69) is 12.2 Å². The van der Waals surface area contributed by atoms with Gasteiger partial charge < -0.3 is 5.32 Å². The third-order valence-electron chi connectivity index (χ3n) is 2.54. The Bertz CT molecular complexity index is 344. The molecular weight excluding hydrogens is 240 g/mol. The van der Waals surface area contributed by atoms with E-state index in [9.17, 15) is 8.78 Å². The fourth-order valence-corrected chi connectivity index (χ4v) is 2.23. The van der Waals surface area contributed by atoms with Crippen LogP contribution in [0.5, 0.6) is 0 Å². The zero-order valence-corrected chi connectivity index (χ0v) is 11.1. The monoisotopic (exact) mass is 259 g/mol. The van der Waals surface area contributed by atoms with E-state index in [1.54, 1.807) is 0 Å². The molecule has 4 heteroatoms. The Morgan fingerprint density at radius 3 is 2.82 bits per heavy atom. The van der Waals surface area contributed by atoms with Crippen LogP contribution in [0.25, 0.3) is 0 Å². The fourth-order valence-electron chi connectivity index (χ4n) is 1.59. The topological polar surface area (TPSA) is 12.0 Å². The van der Waals surface area contributed by atoms with Gasteiger partial charge in [0.15, 0.2) is 0 Å². The molecule has 0 heterocycles. The average Bonchev–Trinajstić information content (AvgIpc) is 2.32. The van der Waals surface area contributed by atoms with Crippen LogP contribution >= 0.6 is 11.8 Å². The van der Waals surface area contributed by atoms with Crippen LogP contribution in [0, 0.1) is 11.6 Å². The van der Waals surface area contributed by atoms with Crippen molar-refractivity contribution in [1.82, 2.24) is 5.32 Å². The summed E-state index contributed by atoms with van der Waals surface area (Å²) in [5.74, 6) is 1.47. The lowest BCUT2D eigenvalue weighted by atomic mass is 10.1. The van der Waals surface area contributed by atoms with E-state index in [-0.39, 0.29) is 11.9 Å². The van der Waals surface area contributed by atoms with E-state index in [1.807, 2.05) is 18.7 Å². The standard InChI is InChI=1S/C13H19F2NS/c1-3-17-8-4-7-16-10(2)12-9-11(14)5-6-13(12)15/h5-6,9-10,16H,3-4,7-8H2,1-2H3. The lowest BCUT2D eigenvalue weighted by Crippen LogP contribution is -2.21. The van der Waals surface area contributed by atoms with Crippen molar-refractivity contribution in [3.8, 4) is 0 Å². The van der Waals surface area contributed by atoms with Gasteiger partial charge in [-0.3, -0.25) is 0 Å². The highest BCUT2D eigenvalue weighted by Crippen LogP contribution is 2.17. The number of hydrogen-bond acceptors (Lipinski definition) is 2. The number of hydrogen-bond donors (Lipinski definition) is 1. The summed E-state index contributed by atoms with van der Waals surface area (Å²) in [6.07, 6.45) is 1.04. The molecule has 1 rings (SSSR count). The molecule has 0 aliphatic rings. The molecule has 0 aliphatic heterocycles. The molecule has 96 valence electrons. The van der Waals surface area contributed by atoms with Gasteiger partial charge in [0, 0.05) is 11.6 Å². The zero-order chi connectivity index (χ0) is 12.7. The molecule has 0 spiro atoms. The maximum atomic E-state index is 13.4. The molecule has 1 unspecified atom stereocenters. The highest BCUT2D eigenvalue weighted by molar-refractivity contribution is 7.99. The molecule has 0 radical (unpaired) electrons. The van der Waals surface area contributed by atoms with Crippen LogP contribution in [0.15, 0.2) is 18.2 Å². The summed E-state index contributed by atoms with van der Waals surface area (Å²) in [6, 6.07) is 3.42. The summed E-state index contributed by atoms with van der Waals surface area (Å²) in [7, 11) is 0. The lowest BCUT2D eigenvalue weighted by molar-refractivity contribution is 0.519. The average molecular weight is 259 g/mol. The molecule has 1 nitrogen and oxygen atoms in total. The van der Waals surface area contributed by atoms with Crippen LogP contribution in [0.2, 0.25) is 0 Å². The second-order valence-electron chi connectivity index (χ2n) is 3.89. The Morgan fingerprint density at radius 2 is 2.12 bits per heavy atom. The van der Waals surface area contributed by atoms with E-state index in [4.69, 9.17) is 0 Å². The van der Waals surface area contributed by atoms with Gasteiger partial charge in [0.1, 0.15) is 11.6 Å². The Balaban J connectivity index is 2.41. The molecule has 1 aromatic rings. The molecule has 0 amide bonds. The maximum Gasteiger partial charge on any atom is 0.128 e. The smallest absolute Gasteiger partial charge is 0.128 e. The van der Waals surface area contributed by atoms with Gasteiger partial charge in [0.05, 0.1) is 0 Å². The van der Waals surface area contributed by atoms with Gasteiger partial charge in [-0.05, 0) is 49.6 Å². The highest BCUT2D eigenvalue weighted by atomic mass is 32.2. The van der Waals surface area contributed by atoms with Crippen molar-refractivity contribution in [2.75, 3.05) is 18.1 Å². The number of nitrogens with one attached hydrogen (secondary N) is 1. The minimum Gasteiger partial charge on any atom is -0.310 e. The molecule has 0 aliphatic carbocycles. The molecule has 17 heavy (non-hydrogen) atoms. The molecule has 0 bridgehead atoms. The van der Waals surface area contributed by atoms with Gasteiger partial charge in [0.25, 0.3) is 0 Å². The molecule has 1 atom stereocenters. The number of benzene rings is 1. The van der Waals surface area contributed by atoms with Crippen molar-refractivity contribution >= 4 is 11.8 Å². The van der Waals surface area contributed by atoms with E-state index in [1.165, 1.54) is 12.1 Å². The predicted octanol–water partition coefficient (Wildman–Crippen LogP) is 3.76. The van der Waals surface area contributed by atoms with Crippen LogP contribution in [-0.4, -0.2) is 18.1 Å². The van der Waals surface area contributed by atoms with E-state index >= 15 is 0 Å². The van der Waals surface area contributed by atoms with Crippen LogP contribution in [0.3, 0.4) is 0 Å². The minimum absolute atomic E-state index is 0.155. The third-order valence-corrected chi connectivity index (χ3v) is 3.53. The summed E-state index contributed by atoms with van der Waals surface area (Å²) < 4.78 is 26.4. The fraction of sp³-hybridized carbons (Fsp3) is 0.538. The molecule has 1 N–H and O–H groups in total. The van der Waals surface area contributed by atoms with Crippen molar-refractivity contribution in [2.24, 2.45) is 0 Å². The predicted molar refractivity (Wildman–Crippen MR) is 70.4 cm³/mol. The van der Waals surface area contributed by atoms with E-state index < -0.39 is 5.82 Å². The van der Waals surface area contributed by atoms with Crippen LogP contribution in [0.1, 0.15) is 31.9 Å². The molecular formula is C13H19F2NS. The number of thioether (sulfide) groups is 1. The minimum atomic E-state index is -0.392. The van der Waals surface area contributed by atoms with Crippen LogP contribution < -0.4 is 5.32 Å². The van der Waals surface area contributed by atoms with Crippen LogP contribution in [0.4, 0.5) is 8.78 Å². The van der Waals surface area contributed by atoms with Gasteiger partial charge in [-0.25, -0.2) is 8.78 Å². The molecule has 0 saturated heterocycles. The first-order valence-corrected chi connectivity index (χ1v) is 7.06. The SMILES string of the molecule is CCSCCCNC(C)c1cc(F)ccc1F. The summed E-state index contributed by atoms with van der Waals surface area (Å²) in [4.78, 5) is 0. The molecule has 1 aromatic carbocycles. The Hall–Kier alpha value is -0.610. The van der Waals surface area contributed by atoms with Crippen molar-refractivity contribution in [2.45, 2.75) is 26.3 Å². The third kappa shape index (κ3) is 5.04. The maximum absolute atomic E-state index is 13.4. The summed E-state index contributed by atoms with van der Waals surface area (Å²) in [5.41, 5.74) is 0.396. The van der Waals surface area contributed by atoms with Crippen molar-refractivity contribution < 1.29 is 8.78 Å². The Kier molecular flexibility index (Phi) is 6.52. The number of halogens is 2. The Labute approximate surface area is 106 Å². The van der Waals surface area contributed by atoms with Crippen LogP contribution in [-0.2, 0) is 0 Å². The second-order valence-corrected chi connectivity index (χ2v) is 5.29. The quantitative estimate of drug-likeness (QED) is 0.748. The lowest BCUT2D eigenvalue weighted by Gasteiger charge is -2.15. The van der Waals surface area contributed by atoms with Gasteiger partial charge in [-0.2, -0.15) is 11.8 Å². The van der Waals surface area contributed by atoms with Crippen molar-refractivity contribution in [3.63, 3.8) is 0 Å². The first kappa shape index (κ1) is 14.5. The van der Waals surface area contributed by atoms with Gasteiger partial charge in [-0.15, -0.1) is 0 Å². The summed E-state index contributed by atoms with van der Waals surface area (Å²) >= 11 is 1.89. The summed E-state index contributed by atoms with van der Waals surface area (Å²) in [5, 5.41) is 3.21. The van der Waals surface area contributed by atoms with Crippen molar-refractivity contribution in [1.29, 1.82) is 0 Å². The first-order valence-electron chi connectivity index (χ1n) is 5.91. The van der Waals surface area contributed by atoms with Crippen molar-refractivity contribution in [3.05, 3.63) is 35.4 Å². The normalized spacial score (nSPS) is 12.7. The van der Waals surface area contributed by atoms with Gasteiger partial charge in [0.2, 0.25) is 0 Å². The van der Waals surface area contributed by atoms with E-state index in [0.29, 0.717) is 5.56 Å². The largest absolute Gasteiger partial charge is 0.310 e. The zero-order valence-electron chi connectivity index (χ0n) is 10.3. The Morgan fingerprint density at radius 1 is 1.35 bits per heavy atom. The first-order chi connectivity index (χ1) is 8.15. The number of rotatable bonds is 7. The summed E-state index contributed by atoms with van der Waals surface area (Å²) in [6.45, 7) is 4.80. The van der Waals surface area contributed by atoms with Gasteiger partial charge >= 0.3 is 0 Å². The molecule has 0 saturated carbocycles. The highest BCUT2D eigenvalue weighted by Gasteiger charge is 2.10. The molecule has 0 fully saturated rings.